The van der Waals surface area contributed by atoms with Crippen LogP contribution < -0.4 is 9.67 Å². The van der Waals surface area contributed by atoms with Crippen LogP contribution >= 0.6 is 0 Å². The first-order valence-electron chi connectivity index (χ1n) is 4.87. The third-order valence-electron chi connectivity index (χ3n) is 1.87. The fraction of sp³-hybridized carbons (Fsp3) is 0.0769. The van der Waals surface area contributed by atoms with Crippen LogP contribution in [0.1, 0.15) is 10.4 Å². The van der Waals surface area contributed by atoms with E-state index in [0.29, 0.717) is 0 Å². The van der Waals surface area contributed by atoms with Crippen LogP contribution in [0.15, 0.2) is 60.9 Å². The Morgan fingerprint density at radius 2 is 1.50 bits per heavy atom. The topological polar surface area (TPSA) is 44.0 Å². The number of carboxylic acids is 1. The van der Waals surface area contributed by atoms with E-state index in [1.54, 1.807) is 18.2 Å². The van der Waals surface area contributed by atoms with Crippen molar-refractivity contribution in [3.63, 3.8) is 0 Å². The summed E-state index contributed by atoms with van der Waals surface area (Å²) in [7, 11) is 2.00. The fourth-order valence-corrected chi connectivity index (χ4v) is 1.06. The van der Waals surface area contributed by atoms with E-state index >= 15 is 0 Å². The minimum Gasteiger partial charge on any atom is -0.545 e. The average molecular weight is 215 g/mol. The molecule has 2 aromatic rings. The highest BCUT2D eigenvalue weighted by Gasteiger charge is 1.85. The van der Waals surface area contributed by atoms with Crippen LogP contribution in [0.5, 0.6) is 0 Å². The van der Waals surface area contributed by atoms with E-state index in [1.165, 1.54) is 12.1 Å². The van der Waals surface area contributed by atoms with Crippen LogP contribution in [0.4, 0.5) is 0 Å². The van der Waals surface area contributed by atoms with Crippen molar-refractivity contribution in [1.29, 1.82) is 0 Å². The molecule has 0 amide bonds. The number of hydrogen-bond donors (Lipinski definition) is 0. The lowest BCUT2D eigenvalue weighted by molar-refractivity contribution is -0.671. The van der Waals surface area contributed by atoms with Crippen molar-refractivity contribution >= 4 is 5.97 Å². The molecule has 0 aliphatic heterocycles. The van der Waals surface area contributed by atoms with Gasteiger partial charge >= 0.3 is 0 Å². The number of benzene rings is 1. The number of carboxylic acid groups (broad SMARTS) is 1. The van der Waals surface area contributed by atoms with Crippen LogP contribution in [0.2, 0.25) is 0 Å². The van der Waals surface area contributed by atoms with Crippen molar-refractivity contribution in [2.45, 2.75) is 0 Å². The summed E-state index contributed by atoms with van der Waals surface area (Å²) >= 11 is 0. The third kappa shape index (κ3) is 4.37. The predicted molar refractivity (Wildman–Crippen MR) is 58.4 cm³/mol. The zero-order valence-corrected chi connectivity index (χ0v) is 9.04. The number of aromatic carboxylic acids is 1. The molecule has 0 radical (unpaired) electrons. The molecule has 0 aliphatic rings. The van der Waals surface area contributed by atoms with E-state index in [2.05, 4.69) is 0 Å². The molecular weight excluding hydrogens is 202 g/mol. The number of aromatic nitrogens is 1. The molecule has 0 saturated heterocycles. The van der Waals surface area contributed by atoms with Gasteiger partial charge in [-0.1, -0.05) is 36.4 Å². The summed E-state index contributed by atoms with van der Waals surface area (Å²) in [5.74, 6) is -1.13. The smallest absolute Gasteiger partial charge is 0.168 e. The second-order valence-electron chi connectivity index (χ2n) is 3.19. The lowest BCUT2D eigenvalue weighted by atomic mass is 10.2. The van der Waals surface area contributed by atoms with Gasteiger partial charge in [0.15, 0.2) is 12.4 Å². The van der Waals surface area contributed by atoms with Gasteiger partial charge in [-0.05, 0) is 5.56 Å². The maximum atomic E-state index is 10.1. The van der Waals surface area contributed by atoms with Crippen molar-refractivity contribution in [3.05, 3.63) is 66.5 Å². The first kappa shape index (κ1) is 11.9. The molecule has 1 aromatic heterocycles. The second-order valence-corrected chi connectivity index (χ2v) is 3.19. The Bertz CT molecular complexity index is 426. The van der Waals surface area contributed by atoms with E-state index in [-0.39, 0.29) is 5.56 Å². The first-order chi connectivity index (χ1) is 7.70. The molecule has 0 bridgehead atoms. The van der Waals surface area contributed by atoms with Gasteiger partial charge < -0.3 is 9.90 Å². The number of aryl methyl sites for hydroxylation is 1. The molecular formula is C13H13NO2. The van der Waals surface area contributed by atoms with Gasteiger partial charge in [-0.25, -0.2) is 4.57 Å². The van der Waals surface area contributed by atoms with Crippen LogP contribution in [0.3, 0.4) is 0 Å². The van der Waals surface area contributed by atoms with Crippen molar-refractivity contribution in [2.75, 3.05) is 0 Å². The molecule has 16 heavy (non-hydrogen) atoms. The Balaban J connectivity index is 0.000000165. The predicted octanol–water partition coefficient (Wildman–Crippen LogP) is 0.561. The van der Waals surface area contributed by atoms with Gasteiger partial charge in [-0.15, -0.1) is 0 Å². The summed E-state index contributed by atoms with van der Waals surface area (Å²) < 4.78 is 2.00. The minimum absolute atomic E-state index is 0.220. The number of carbonyl (C=O) groups excluding carboxylic acids is 1. The normalized spacial score (nSPS) is 8.81. The van der Waals surface area contributed by atoms with E-state index < -0.39 is 5.97 Å². The molecule has 3 nitrogen and oxygen atoms in total. The highest BCUT2D eigenvalue weighted by Crippen LogP contribution is 1.94. The zero-order chi connectivity index (χ0) is 11.8. The Morgan fingerprint density at radius 1 is 1.00 bits per heavy atom. The van der Waals surface area contributed by atoms with Gasteiger partial charge in [0.05, 0.1) is 5.97 Å². The Hall–Kier alpha value is -2.16. The summed E-state index contributed by atoms with van der Waals surface area (Å²) in [6.45, 7) is 0. The minimum atomic E-state index is -1.13. The number of rotatable bonds is 1. The standard InChI is InChI=1S/C7H6O2.C6H8N/c8-7(9)6-4-2-1-3-5-6;1-7-5-3-2-4-6-7/h1-5H,(H,8,9);2-6H,1H3/q;+1/p-1. The van der Waals surface area contributed by atoms with E-state index in [1.807, 2.05) is 42.2 Å². The molecule has 0 spiro atoms. The van der Waals surface area contributed by atoms with Crippen molar-refractivity contribution in [1.82, 2.24) is 0 Å². The molecule has 0 saturated carbocycles. The molecule has 0 N–H and O–H groups in total. The molecule has 1 aromatic carbocycles. The molecule has 0 atom stereocenters. The summed E-state index contributed by atoms with van der Waals surface area (Å²) in [4.78, 5) is 10.1. The Morgan fingerprint density at radius 3 is 1.81 bits per heavy atom. The van der Waals surface area contributed by atoms with Crippen LogP contribution in [-0.2, 0) is 7.05 Å². The molecule has 0 fully saturated rings. The summed E-state index contributed by atoms with van der Waals surface area (Å²) in [5.41, 5.74) is 0.220. The third-order valence-corrected chi connectivity index (χ3v) is 1.87. The van der Waals surface area contributed by atoms with Crippen molar-refractivity contribution < 1.29 is 14.5 Å². The molecule has 0 unspecified atom stereocenters. The van der Waals surface area contributed by atoms with Crippen LogP contribution in [0, 0.1) is 0 Å². The summed E-state index contributed by atoms with van der Waals surface area (Å²) in [6.07, 6.45) is 4.00. The highest BCUT2D eigenvalue weighted by atomic mass is 16.4. The van der Waals surface area contributed by atoms with Gasteiger partial charge in [0.1, 0.15) is 7.05 Å². The Kier molecular flexibility index (Phi) is 4.73. The number of hydrogen-bond acceptors (Lipinski definition) is 2. The van der Waals surface area contributed by atoms with Gasteiger partial charge in [-0.3, -0.25) is 0 Å². The lowest BCUT2D eigenvalue weighted by Gasteiger charge is -1.97. The SMILES string of the molecule is C[n+]1ccccc1.O=C([O-])c1ccccc1. The number of carbonyl (C=O) groups is 1. The molecule has 1 heterocycles. The van der Waals surface area contributed by atoms with Gasteiger partial charge in [-0.2, -0.15) is 0 Å². The van der Waals surface area contributed by atoms with Crippen molar-refractivity contribution in [3.8, 4) is 0 Å². The van der Waals surface area contributed by atoms with Gasteiger partial charge in [0, 0.05) is 12.1 Å². The second kappa shape index (κ2) is 6.35. The average Bonchev–Trinajstić information content (AvgIpc) is 2.32. The van der Waals surface area contributed by atoms with Gasteiger partial charge in [0.2, 0.25) is 0 Å². The van der Waals surface area contributed by atoms with E-state index in [0.717, 1.165) is 0 Å². The van der Waals surface area contributed by atoms with E-state index in [9.17, 15) is 9.90 Å². The number of nitrogens with zero attached hydrogens (tertiary/aromatic N) is 1. The number of pyridine rings is 1. The fourth-order valence-electron chi connectivity index (χ4n) is 1.06. The monoisotopic (exact) mass is 215 g/mol. The molecule has 3 heteroatoms. The lowest BCUT2D eigenvalue weighted by Crippen LogP contribution is -2.25. The van der Waals surface area contributed by atoms with Crippen molar-refractivity contribution in [2.24, 2.45) is 7.05 Å². The maximum absolute atomic E-state index is 10.1. The highest BCUT2D eigenvalue weighted by molar-refractivity contribution is 5.85. The summed E-state index contributed by atoms with van der Waals surface area (Å²) in [5, 5.41) is 10.1. The summed E-state index contributed by atoms with van der Waals surface area (Å²) in [6, 6.07) is 14.1. The largest absolute Gasteiger partial charge is 0.545 e. The van der Waals surface area contributed by atoms with Crippen LogP contribution in [-0.4, -0.2) is 5.97 Å². The zero-order valence-electron chi connectivity index (χ0n) is 9.04. The molecule has 0 aliphatic carbocycles. The molecule has 82 valence electrons. The van der Waals surface area contributed by atoms with Gasteiger partial charge in [0.25, 0.3) is 0 Å². The van der Waals surface area contributed by atoms with E-state index in [4.69, 9.17) is 0 Å². The Labute approximate surface area is 94.6 Å². The quantitative estimate of drug-likeness (QED) is 0.652. The molecule has 2 rings (SSSR count). The van der Waals surface area contributed by atoms with Crippen LogP contribution in [0.25, 0.3) is 0 Å². The maximum Gasteiger partial charge on any atom is 0.168 e. The first-order valence-corrected chi connectivity index (χ1v) is 4.87.